The highest BCUT2D eigenvalue weighted by molar-refractivity contribution is 7.14. The van der Waals surface area contributed by atoms with Gasteiger partial charge in [-0.05, 0) is 36.4 Å². The summed E-state index contributed by atoms with van der Waals surface area (Å²) in [5, 5.41) is 10.9. The largest absolute Gasteiger partial charge is 0.335 e. The summed E-state index contributed by atoms with van der Waals surface area (Å²) in [5.74, 6) is 0.320. The number of nitrogens with zero attached hydrogens (tertiary/aromatic N) is 5. The normalized spacial score (nSPS) is 11.3. The van der Waals surface area contributed by atoms with Gasteiger partial charge in [0, 0.05) is 39.3 Å². The van der Waals surface area contributed by atoms with Gasteiger partial charge in [-0.1, -0.05) is 18.2 Å². The number of benzene rings is 1. The van der Waals surface area contributed by atoms with Crippen LogP contribution in [0.2, 0.25) is 0 Å². The summed E-state index contributed by atoms with van der Waals surface area (Å²) in [7, 11) is 0. The fraction of sp³-hybridized carbons (Fsp3) is 0. The van der Waals surface area contributed by atoms with Crippen molar-refractivity contribution in [1.29, 1.82) is 0 Å². The third kappa shape index (κ3) is 4.20. The number of halogens is 1. The summed E-state index contributed by atoms with van der Waals surface area (Å²) in [6, 6.07) is 15.8. The van der Waals surface area contributed by atoms with Crippen molar-refractivity contribution in [2.45, 2.75) is 0 Å². The fourth-order valence-electron chi connectivity index (χ4n) is 4.38. The number of pyridine rings is 3. The van der Waals surface area contributed by atoms with Crippen LogP contribution in [0.4, 0.5) is 10.1 Å². The van der Waals surface area contributed by atoms with Crippen molar-refractivity contribution >= 4 is 44.9 Å². The van der Waals surface area contributed by atoms with Crippen LogP contribution in [0.25, 0.3) is 55.2 Å². The molecule has 0 aliphatic rings. The van der Waals surface area contributed by atoms with Gasteiger partial charge in [-0.3, -0.25) is 24.8 Å². The van der Waals surface area contributed by atoms with Crippen molar-refractivity contribution in [3.63, 3.8) is 0 Å². The lowest BCUT2D eigenvalue weighted by molar-refractivity contribution is 0.102. The molecule has 3 N–H and O–H groups in total. The van der Waals surface area contributed by atoms with Crippen molar-refractivity contribution in [2.24, 2.45) is 0 Å². The molecule has 6 aromatic heterocycles. The van der Waals surface area contributed by atoms with Crippen molar-refractivity contribution < 1.29 is 9.18 Å². The van der Waals surface area contributed by atoms with Gasteiger partial charge < -0.3 is 10.3 Å². The molecule has 0 bridgehead atoms. The van der Waals surface area contributed by atoms with E-state index in [4.69, 9.17) is 4.98 Å². The molecule has 0 atom stereocenters. The lowest BCUT2D eigenvalue weighted by atomic mass is 10.1. The van der Waals surface area contributed by atoms with Crippen molar-refractivity contribution in [2.75, 3.05) is 5.32 Å². The second-order valence-electron chi connectivity index (χ2n) is 8.74. The van der Waals surface area contributed by atoms with Gasteiger partial charge in [0.2, 0.25) is 0 Å². The molecule has 6 heterocycles. The molecule has 11 heteroatoms. The van der Waals surface area contributed by atoms with Crippen molar-refractivity contribution in [3.8, 4) is 33.2 Å². The first-order valence-corrected chi connectivity index (χ1v) is 12.7. The number of carbonyl (C=O) groups excluding carboxylic acids is 1. The second-order valence-corrected chi connectivity index (χ2v) is 9.78. The molecule has 0 unspecified atom stereocenters. The maximum atomic E-state index is 13.7. The van der Waals surface area contributed by atoms with Gasteiger partial charge in [-0.2, -0.15) is 9.49 Å². The molecule has 9 nitrogen and oxygen atoms in total. The second kappa shape index (κ2) is 9.23. The molecule has 0 spiro atoms. The summed E-state index contributed by atoms with van der Waals surface area (Å²) in [6.07, 6.45) is 8.33. The SMILES string of the molecule is O=C(Nc1cncc(-c2cc3c(-c4nc5c(-c6ccc(F)s6)cncc5[nH]4)n[nH]c3cn2)c1)c1ccccc1. The van der Waals surface area contributed by atoms with Crippen molar-refractivity contribution in [1.82, 2.24) is 35.1 Å². The Balaban J connectivity index is 1.25. The highest BCUT2D eigenvalue weighted by Crippen LogP contribution is 2.34. The predicted octanol–water partition coefficient (Wildman–Crippen LogP) is 6.08. The van der Waals surface area contributed by atoms with Gasteiger partial charge in [0.05, 0.1) is 41.0 Å². The van der Waals surface area contributed by atoms with Gasteiger partial charge in [0.15, 0.2) is 11.0 Å². The minimum absolute atomic E-state index is 0.223. The number of aromatic amines is 2. The number of hydrogen-bond acceptors (Lipinski definition) is 7. The highest BCUT2D eigenvalue weighted by Gasteiger charge is 2.17. The monoisotopic (exact) mass is 532 g/mol. The van der Waals surface area contributed by atoms with E-state index < -0.39 is 0 Å². The van der Waals surface area contributed by atoms with Crippen LogP contribution < -0.4 is 5.32 Å². The summed E-state index contributed by atoms with van der Waals surface area (Å²) in [6.45, 7) is 0. The van der Waals surface area contributed by atoms with E-state index in [9.17, 15) is 9.18 Å². The molecule has 0 fully saturated rings. The average Bonchev–Trinajstić information content (AvgIpc) is 3.71. The van der Waals surface area contributed by atoms with E-state index in [-0.39, 0.29) is 11.0 Å². The van der Waals surface area contributed by atoms with E-state index in [1.165, 1.54) is 6.07 Å². The van der Waals surface area contributed by atoms with E-state index in [1.807, 2.05) is 30.3 Å². The first kappa shape index (κ1) is 22.9. The lowest BCUT2D eigenvalue weighted by Gasteiger charge is -2.07. The van der Waals surface area contributed by atoms with Gasteiger partial charge in [-0.15, -0.1) is 11.3 Å². The fourth-order valence-corrected chi connectivity index (χ4v) is 5.12. The number of fused-ring (bicyclic) bond motifs is 2. The standard InChI is InChI=1S/C28H17FN8OS/c29-24-7-6-23(39-24)19-12-31-13-22-25(19)35-27(34-22)26-18-9-20(32-14-21(18)36-37-26)16-8-17(11-30-10-16)33-28(38)15-4-2-1-3-5-15/h1-14H,(H,33,38)(H,34,35)(H,36,37). The molecule has 1 aromatic carbocycles. The smallest absolute Gasteiger partial charge is 0.255 e. The number of anilines is 1. The van der Waals surface area contributed by atoms with E-state index >= 15 is 0 Å². The molecule has 0 aliphatic carbocycles. The number of rotatable bonds is 5. The zero-order chi connectivity index (χ0) is 26.3. The third-order valence-corrected chi connectivity index (χ3v) is 7.14. The minimum atomic E-state index is -0.269. The Bertz CT molecular complexity index is 2000. The Kier molecular flexibility index (Phi) is 5.41. The van der Waals surface area contributed by atoms with Gasteiger partial charge in [0.1, 0.15) is 11.2 Å². The number of thiophene rings is 1. The molecular formula is C28H17FN8OS. The van der Waals surface area contributed by atoms with E-state index in [1.54, 1.807) is 49.2 Å². The number of nitrogens with one attached hydrogen (secondary N) is 3. The number of H-pyrrole nitrogens is 2. The van der Waals surface area contributed by atoms with Crippen LogP contribution in [0.1, 0.15) is 10.4 Å². The zero-order valence-electron chi connectivity index (χ0n) is 20.0. The van der Waals surface area contributed by atoms with E-state index in [0.29, 0.717) is 39.5 Å². The molecule has 0 saturated carbocycles. The summed E-state index contributed by atoms with van der Waals surface area (Å²) in [4.78, 5) is 34.6. The van der Waals surface area contributed by atoms with Crippen LogP contribution in [-0.2, 0) is 0 Å². The predicted molar refractivity (Wildman–Crippen MR) is 148 cm³/mol. The maximum absolute atomic E-state index is 13.7. The first-order valence-electron chi connectivity index (χ1n) is 11.9. The Morgan fingerprint density at radius 1 is 0.923 bits per heavy atom. The molecule has 0 radical (unpaired) electrons. The molecule has 7 aromatic rings. The molecule has 0 aliphatic heterocycles. The lowest BCUT2D eigenvalue weighted by Crippen LogP contribution is -2.11. The molecule has 39 heavy (non-hydrogen) atoms. The highest BCUT2D eigenvalue weighted by atomic mass is 32.1. The van der Waals surface area contributed by atoms with E-state index in [0.717, 1.165) is 38.2 Å². The number of amides is 1. The van der Waals surface area contributed by atoms with Gasteiger partial charge in [-0.25, -0.2) is 4.98 Å². The summed E-state index contributed by atoms with van der Waals surface area (Å²) < 4.78 is 13.7. The van der Waals surface area contributed by atoms with Gasteiger partial charge >= 0.3 is 0 Å². The average molecular weight is 533 g/mol. The van der Waals surface area contributed by atoms with E-state index in [2.05, 4.69) is 35.5 Å². The molecule has 0 saturated heterocycles. The van der Waals surface area contributed by atoms with Crippen LogP contribution in [0, 0.1) is 5.13 Å². The summed E-state index contributed by atoms with van der Waals surface area (Å²) >= 11 is 1.05. The number of carbonyl (C=O) groups is 1. The van der Waals surface area contributed by atoms with Gasteiger partial charge in [0.25, 0.3) is 5.91 Å². The number of aromatic nitrogens is 7. The topological polar surface area (TPSA) is 125 Å². The van der Waals surface area contributed by atoms with Crippen LogP contribution in [0.15, 0.2) is 85.6 Å². The van der Waals surface area contributed by atoms with Crippen LogP contribution in [0.5, 0.6) is 0 Å². The maximum Gasteiger partial charge on any atom is 0.255 e. The minimum Gasteiger partial charge on any atom is -0.335 e. The zero-order valence-corrected chi connectivity index (χ0v) is 20.8. The number of hydrogen-bond donors (Lipinski definition) is 3. The Morgan fingerprint density at radius 2 is 1.79 bits per heavy atom. The Labute approximate surface area is 223 Å². The Morgan fingerprint density at radius 3 is 2.64 bits per heavy atom. The molecule has 7 rings (SSSR count). The van der Waals surface area contributed by atoms with Crippen LogP contribution >= 0.6 is 11.3 Å². The quantitative estimate of drug-likeness (QED) is 0.247. The number of imidazole rings is 1. The molecular weight excluding hydrogens is 515 g/mol. The third-order valence-electron chi connectivity index (χ3n) is 6.23. The molecule has 188 valence electrons. The summed E-state index contributed by atoms with van der Waals surface area (Å²) in [5.41, 5.74) is 5.96. The molecule has 1 amide bonds. The van der Waals surface area contributed by atoms with Crippen molar-refractivity contribution in [3.05, 3.63) is 96.3 Å². The van der Waals surface area contributed by atoms with Crippen LogP contribution in [-0.4, -0.2) is 41.0 Å². The Hall–Kier alpha value is -5.29. The first-order chi connectivity index (χ1) is 19.1. The van der Waals surface area contributed by atoms with Crippen LogP contribution in [0.3, 0.4) is 0 Å².